The maximum absolute atomic E-state index is 15.1. The van der Waals surface area contributed by atoms with Crippen LogP contribution >= 0.6 is 0 Å². The molecule has 0 aliphatic carbocycles. The first kappa shape index (κ1) is 52.1. The lowest BCUT2D eigenvalue weighted by atomic mass is 9.92. The number of anilines is 1. The van der Waals surface area contributed by atoms with Gasteiger partial charge in [-0.1, -0.05) is 62.4 Å². The van der Waals surface area contributed by atoms with Crippen LogP contribution in [0.5, 0.6) is 0 Å². The van der Waals surface area contributed by atoms with Crippen LogP contribution in [0, 0.1) is 5.82 Å². The molecule has 1 amide bonds. The van der Waals surface area contributed by atoms with E-state index in [1.165, 1.54) is 12.1 Å². The molecule has 0 fully saturated rings. The van der Waals surface area contributed by atoms with Crippen LogP contribution < -0.4 is 5.32 Å². The lowest BCUT2D eigenvalue weighted by molar-refractivity contribution is -0.139. The van der Waals surface area contributed by atoms with Gasteiger partial charge in [-0.15, -0.1) is 0 Å². The first-order chi connectivity index (χ1) is 31.1. The normalized spacial score (nSPS) is 12.5. The average Bonchev–Trinajstić information content (AvgIpc) is 3.62. The maximum Gasteiger partial charge on any atom is 0.305 e. The van der Waals surface area contributed by atoms with Gasteiger partial charge in [-0.2, -0.15) is 0 Å². The molecule has 0 spiro atoms. The van der Waals surface area contributed by atoms with E-state index in [4.69, 9.17) is 33.2 Å². The van der Waals surface area contributed by atoms with Crippen molar-refractivity contribution >= 4 is 17.6 Å². The van der Waals surface area contributed by atoms with Crippen molar-refractivity contribution in [2.45, 2.75) is 71.1 Å². The zero-order valence-corrected chi connectivity index (χ0v) is 37.5. The molecule has 352 valence electrons. The lowest BCUT2D eigenvalue weighted by Gasteiger charge is -2.21. The molecule has 4 N–H and O–H groups in total. The summed E-state index contributed by atoms with van der Waals surface area (Å²) < 4.78 is 56.0. The molecule has 14 nitrogen and oxygen atoms in total. The number of aliphatic hydroxyl groups excluding tert-OH is 2. The molecule has 64 heavy (non-hydrogen) atoms. The van der Waals surface area contributed by atoms with E-state index < -0.39 is 30.4 Å². The van der Waals surface area contributed by atoms with Gasteiger partial charge in [-0.05, 0) is 73.6 Å². The number of aliphatic hydroxyl groups is 2. The Hall–Kier alpha value is -4.55. The molecular weight excluding hydrogens is 828 g/mol. The highest BCUT2D eigenvalue weighted by Gasteiger charge is 2.32. The standard InChI is InChI=1S/C49H67FN2O12/c1-4-58-21-22-60-25-26-62-29-30-64-32-31-63-28-27-61-24-23-59-20-18-38-33-39(50)15-16-43(38)48-45(37-11-7-5-8-12-37)46(49(57)51-40-13-9-6-10-14-40)47(36(2)3)52(48)19-17-41(53)34-42(54)35-44(55)56/h5-16,33,36,41-42,53-54H,4,17-32,34-35H2,1-3H3,(H,51,57)(H,55,56)/t41-,42-/m1/s1. The second-order valence-corrected chi connectivity index (χ2v) is 15.3. The van der Waals surface area contributed by atoms with Gasteiger partial charge in [-0.3, -0.25) is 9.59 Å². The second kappa shape index (κ2) is 29.8. The van der Waals surface area contributed by atoms with Crippen molar-refractivity contribution in [1.29, 1.82) is 0 Å². The molecule has 2 atom stereocenters. The summed E-state index contributed by atoms with van der Waals surface area (Å²) >= 11 is 0. The molecule has 3 aromatic carbocycles. The van der Waals surface area contributed by atoms with Crippen molar-refractivity contribution < 1.29 is 62.5 Å². The van der Waals surface area contributed by atoms with Gasteiger partial charge in [-0.25, -0.2) is 4.39 Å². The van der Waals surface area contributed by atoms with E-state index in [2.05, 4.69) is 5.32 Å². The Balaban J connectivity index is 1.42. The number of hydrogen-bond acceptors (Lipinski definition) is 11. The number of benzene rings is 3. The van der Waals surface area contributed by atoms with Gasteiger partial charge in [0.1, 0.15) is 5.82 Å². The van der Waals surface area contributed by atoms with E-state index in [0.29, 0.717) is 132 Å². The Morgan fingerprint density at radius 2 is 1.20 bits per heavy atom. The lowest BCUT2D eigenvalue weighted by Crippen LogP contribution is -2.22. The SMILES string of the molecule is CCOCCOCCOCCOCCOCCOCCOCCc1cc(F)ccc1-c1c(-c2ccccc2)c(C(=O)Nc2ccccc2)c(C(C)C)n1CC[C@@H](O)C[C@@H](O)CC(=O)O. The number of carbonyl (C=O) groups is 2. The quantitative estimate of drug-likeness (QED) is 0.0354. The molecule has 4 rings (SSSR count). The Morgan fingerprint density at radius 3 is 1.72 bits per heavy atom. The highest BCUT2D eigenvalue weighted by Crippen LogP contribution is 2.44. The van der Waals surface area contributed by atoms with Crippen molar-refractivity contribution in [2.24, 2.45) is 0 Å². The molecular formula is C49H67FN2O12. The zero-order chi connectivity index (χ0) is 45.9. The summed E-state index contributed by atoms with van der Waals surface area (Å²) in [6.45, 7) is 12.5. The summed E-state index contributed by atoms with van der Waals surface area (Å²) in [6.07, 6.45) is -2.41. The van der Waals surface area contributed by atoms with Crippen LogP contribution in [0.3, 0.4) is 0 Å². The number of carbonyl (C=O) groups excluding carboxylic acids is 1. The van der Waals surface area contributed by atoms with Crippen LogP contribution in [0.15, 0.2) is 78.9 Å². The van der Waals surface area contributed by atoms with Crippen molar-refractivity contribution in [3.8, 4) is 22.4 Å². The summed E-state index contributed by atoms with van der Waals surface area (Å²) in [5, 5.41) is 33.6. The summed E-state index contributed by atoms with van der Waals surface area (Å²) in [5.41, 5.74) is 5.19. The number of ether oxygens (including phenoxy) is 7. The number of aromatic nitrogens is 1. The van der Waals surface area contributed by atoms with Crippen molar-refractivity contribution in [3.63, 3.8) is 0 Å². The van der Waals surface area contributed by atoms with Crippen LogP contribution in [-0.2, 0) is 50.9 Å². The molecule has 1 aromatic heterocycles. The van der Waals surface area contributed by atoms with E-state index in [1.807, 2.05) is 86.0 Å². The number of amides is 1. The van der Waals surface area contributed by atoms with Gasteiger partial charge in [0.25, 0.3) is 5.91 Å². The van der Waals surface area contributed by atoms with Crippen LogP contribution in [-0.4, -0.2) is 136 Å². The average molecular weight is 895 g/mol. The molecule has 0 saturated carbocycles. The molecule has 0 aliphatic heterocycles. The fraction of sp³-hybridized carbons (Fsp3) is 0.510. The van der Waals surface area contributed by atoms with Crippen molar-refractivity contribution in [1.82, 2.24) is 4.57 Å². The number of carboxylic acids is 1. The van der Waals surface area contributed by atoms with E-state index in [1.54, 1.807) is 6.07 Å². The number of para-hydroxylation sites is 1. The second-order valence-electron chi connectivity index (χ2n) is 15.3. The largest absolute Gasteiger partial charge is 0.481 e. The molecule has 0 aliphatic rings. The first-order valence-corrected chi connectivity index (χ1v) is 22.2. The highest BCUT2D eigenvalue weighted by molar-refractivity contribution is 6.12. The van der Waals surface area contributed by atoms with Crippen LogP contribution in [0.1, 0.15) is 67.6 Å². The van der Waals surface area contributed by atoms with Gasteiger partial charge < -0.3 is 58.4 Å². The van der Waals surface area contributed by atoms with E-state index in [9.17, 15) is 24.9 Å². The topological polar surface area (TPSA) is 176 Å². The minimum absolute atomic E-state index is 0.137. The minimum Gasteiger partial charge on any atom is -0.481 e. The number of aliphatic carboxylic acids is 1. The van der Waals surface area contributed by atoms with Crippen LogP contribution in [0.2, 0.25) is 0 Å². The third-order valence-electron chi connectivity index (χ3n) is 10.1. The van der Waals surface area contributed by atoms with Crippen LogP contribution in [0.25, 0.3) is 22.4 Å². The van der Waals surface area contributed by atoms with Crippen molar-refractivity contribution in [2.75, 3.05) is 97.8 Å². The van der Waals surface area contributed by atoms with E-state index in [-0.39, 0.29) is 37.8 Å². The number of hydrogen-bond donors (Lipinski definition) is 4. The van der Waals surface area contributed by atoms with Gasteiger partial charge in [0, 0.05) is 35.7 Å². The first-order valence-electron chi connectivity index (χ1n) is 22.2. The van der Waals surface area contributed by atoms with Gasteiger partial charge in [0.05, 0.1) is 116 Å². The number of halogens is 1. The Labute approximate surface area is 376 Å². The predicted molar refractivity (Wildman–Crippen MR) is 242 cm³/mol. The number of rotatable bonds is 34. The minimum atomic E-state index is -1.23. The van der Waals surface area contributed by atoms with E-state index >= 15 is 4.39 Å². The maximum atomic E-state index is 15.1. The molecule has 4 aromatic rings. The van der Waals surface area contributed by atoms with Crippen LogP contribution in [0.4, 0.5) is 10.1 Å². The van der Waals surface area contributed by atoms with E-state index in [0.717, 1.165) is 5.56 Å². The molecule has 0 bridgehead atoms. The summed E-state index contributed by atoms with van der Waals surface area (Å²) in [7, 11) is 0. The molecule has 15 heteroatoms. The summed E-state index contributed by atoms with van der Waals surface area (Å²) in [5.74, 6) is -2.11. The third kappa shape index (κ3) is 18.1. The predicted octanol–water partition coefficient (Wildman–Crippen LogP) is 6.99. The monoisotopic (exact) mass is 894 g/mol. The zero-order valence-electron chi connectivity index (χ0n) is 37.5. The Kier molecular flexibility index (Phi) is 24.3. The molecule has 1 heterocycles. The van der Waals surface area contributed by atoms with Gasteiger partial charge >= 0.3 is 5.97 Å². The number of nitrogens with one attached hydrogen (secondary N) is 1. The molecule has 0 radical (unpaired) electrons. The summed E-state index contributed by atoms with van der Waals surface area (Å²) in [4.78, 5) is 25.8. The highest BCUT2D eigenvalue weighted by atomic mass is 19.1. The van der Waals surface area contributed by atoms with Gasteiger partial charge in [0.15, 0.2) is 0 Å². The Morgan fingerprint density at radius 1 is 0.688 bits per heavy atom. The number of nitrogens with zero attached hydrogens (tertiary/aromatic N) is 1. The third-order valence-corrected chi connectivity index (χ3v) is 10.1. The fourth-order valence-corrected chi connectivity index (χ4v) is 7.22. The summed E-state index contributed by atoms with van der Waals surface area (Å²) in [6, 6.07) is 23.3. The molecule has 0 unspecified atom stereocenters. The molecule has 0 saturated heterocycles. The number of carboxylic acid groups (broad SMARTS) is 1. The van der Waals surface area contributed by atoms with Gasteiger partial charge in [0.2, 0.25) is 0 Å². The smallest absolute Gasteiger partial charge is 0.305 e. The van der Waals surface area contributed by atoms with Crippen molar-refractivity contribution in [3.05, 3.63) is 102 Å². The fourth-order valence-electron chi connectivity index (χ4n) is 7.22. The Bertz CT molecular complexity index is 1930.